The maximum Gasteiger partial charge on any atom is 0.223 e. The van der Waals surface area contributed by atoms with Crippen LogP contribution in [0.25, 0.3) is 28.2 Å². The van der Waals surface area contributed by atoms with Gasteiger partial charge in [-0.1, -0.05) is 78.9 Å². The standard InChI is InChI=1S/C28H25NO2/c30-24-16-9-10-20(19-24)18-23-15-7-8-17-25(23)28-29-26(21-11-3-1-4-12-21)27(31-28)22-13-5-2-6-14-22/h1-6,9-14,16-17,19,23,30H,7-8,15,18H2. The predicted octanol–water partition coefficient (Wildman–Crippen LogP) is 7.14. The maximum absolute atomic E-state index is 9.87. The lowest BCUT2D eigenvalue weighted by Crippen LogP contribution is -2.11. The van der Waals surface area contributed by atoms with Crippen molar-refractivity contribution in [1.82, 2.24) is 4.98 Å². The van der Waals surface area contributed by atoms with Crippen LogP contribution in [-0.4, -0.2) is 10.1 Å². The summed E-state index contributed by atoms with van der Waals surface area (Å²) in [4.78, 5) is 5.01. The highest BCUT2D eigenvalue weighted by Gasteiger charge is 2.26. The molecule has 0 radical (unpaired) electrons. The zero-order valence-corrected chi connectivity index (χ0v) is 17.4. The highest BCUT2D eigenvalue weighted by atomic mass is 16.4. The number of aromatic hydroxyl groups is 1. The van der Waals surface area contributed by atoms with Gasteiger partial charge in [-0.15, -0.1) is 0 Å². The maximum atomic E-state index is 9.87. The van der Waals surface area contributed by atoms with Crippen LogP contribution in [0.2, 0.25) is 0 Å². The van der Waals surface area contributed by atoms with Crippen LogP contribution < -0.4 is 0 Å². The summed E-state index contributed by atoms with van der Waals surface area (Å²) in [6.45, 7) is 0. The van der Waals surface area contributed by atoms with Gasteiger partial charge in [-0.2, -0.15) is 0 Å². The van der Waals surface area contributed by atoms with Gasteiger partial charge in [-0.3, -0.25) is 0 Å². The monoisotopic (exact) mass is 407 g/mol. The number of benzene rings is 3. The fourth-order valence-corrected chi connectivity index (χ4v) is 4.41. The van der Waals surface area contributed by atoms with Crippen LogP contribution in [0.1, 0.15) is 30.7 Å². The Bertz CT molecular complexity index is 1140. The number of oxazole rings is 1. The van der Waals surface area contributed by atoms with E-state index < -0.39 is 0 Å². The number of aromatic nitrogens is 1. The molecule has 3 heteroatoms. The Morgan fingerprint density at radius 3 is 2.35 bits per heavy atom. The molecule has 154 valence electrons. The molecule has 0 amide bonds. The predicted molar refractivity (Wildman–Crippen MR) is 125 cm³/mol. The van der Waals surface area contributed by atoms with Gasteiger partial charge in [-0.05, 0) is 49.3 Å². The third-order valence-corrected chi connectivity index (χ3v) is 5.91. The van der Waals surface area contributed by atoms with E-state index in [0.717, 1.165) is 53.8 Å². The topological polar surface area (TPSA) is 46.3 Å². The number of allylic oxidation sites excluding steroid dienone is 2. The Morgan fingerprint density at radius 1 is 0.871 bits per heavy atom. The molecular formula is C28H25NO2. The Labute approximate surface area is 182 Å². The van der Waals surface area contributed by atoms with Gasteiger partial charge in [0, 0.05) is 16.7 Å². The molecule has 0 aliphatic heterocycles. The Kier molecular flexibility index (Phi) is 5.40. The van der Waals surface area contributed by atoms with E-state index in [1.807, 2.05) is 48.5 Å². The van der Waals surface area contributed by atoms with E-state index in [-0.39, 0.29) is 0 Å². The molecule has 0 bridgehead atoms. The Balaban J connectivity index is 1.56. The molecular weight excluding hydrogens is 382 g/mol. The molecule has 1 unspecified atom stereocenters. The minimum Gasteiger partial charge on any atom is -0.508 e. The third kappa shape index (κ3) is 4.17. The first kappa shape index (κ1) is 19.4. The van der Waals surface area contributed by atoms with Gasteiger partial charge in [0.15, 0.2) is 5.76 Å². The van der Waals surface area contributed by atoms with E-state index >= 15 is 0 Å². The lowest BCUT2D eigenvalue weighted by molar-refractivity contribution is 0.472. The second kappa shape index (κ2) is 8.65. The minimum atomic E-state index is 0.313. The van der Waals surface area contributed by atoms with Crippen molar-refractivity contribution >= 4 is 5.57 Å². The Hall–Kier alpha value is -3.59. The average Bonchev–Trinajstić information content (AvgIpc) is 3.26. The lowest BCUT2D eigenvalue weighted by atomic mass is 9.83. The van der Waals surface area contributed by atoms with E-state index in [1.54, 1.807) is 6.07 Å². The fourth-order valence-electron chi connectivity index (χ4n) is 4.41. The summed E-state index contributed by atoms with van der Waals surface area (Å²) < 4.78 is 6.46. The van der Waals surface area contributed by atoms with Crippen molar-refractivity contribution in [2.45, 2.75) is 25.7 Å². The zero-order valence-electron chi connectivity index (χ0n) is 17.4. The number of rotatable bonds is 5. The smallest absolute Gasteiger partial charge is 0.223 e. The number of hydrogen-bond acceptors (Lipinski definition) is 3. The molecule has 0 spiro atoms. The van der Waals surface area contributed by atoms with Crippen LogP contribution in [-0.2, 0) is 6.42 Å². The molecule has 3 nitrogen and oxygen atoms in total. The Morgan fingerprint density at radius 2 is 1.61 bits per heavy atom. The summed E-state index contributed by atoms with van der Waals surface area (Å²) >= 11 is 0. The first-order valence-corrected chi connectivity index (χ1v) is 10.9. The van der Waals surface area contributed by atoms with Crippen LogP contribution in [0.15, 0.2) is 95.4 Å². The van der Waals surface area contributed by atoms with Crippen LogP contribution >= 0.6 is 0 Å². The van der Waals surface area contributed by atoms with Crippen molar-refractivity contribution in [3.05, 3.63) is 102 Å². The summed E-state index contributed by atoms with van der Waals surface area (Å²) in [6.07, 6.45) is 6.43. The number of nitrogens with zero attached hydrogens (tertiary/aromatic N) is 1. The van der Waals surface area contributed by atoms with Crippen molar-refractivity contribution < 1.29 is 9.52 Å². The molecule has 1 heterocycles. The molecule has 5 rings (SSSR count). The second-order valence-corrected chi connectivity index (χ2v) is 8.09. The van der Waals surface area contributed by atoms with Crippen LogP contribution in [0.4, 0.5) is 0 Å². The van der Waals surface area contributed by atoms with E-state index in [0.29, 0.717) is 17.6 Å². The molecule has 31 heavy (non-hydrogen) atoms. The van der Waals surface area contributed by atoms with E-state index in [1.165, 1.54) is 5.57 Å². The van der Waals surface area contributed by atoms with Gasteiger partial charge in [0.2, 0.25) is 5.89 Å². The van der Waals surface area contributed by atoms with Crippen LogP contribution in [0, 0.1) is 5.92 Å². The first-order chi connectivity index (χ1) is 15.3. The molecule has 1 atom stereocenters. The molecule has 3 aromatic carbocycles. The van der Waals surface area contributed by atoms with E-state index in [2.05, 4.69) is 36.4 Å². The van der Waals surface area contributed by atoms with Crippen molar-refractivity contribution in [2.24, 2.45) is 5.92 Å². The SMILES string of the molecule is Oc1cccc(CC2CCCC=C2c2nc(-c3ccccc3)c(-c3ccccc3)o2)c1. The molecule has 1 aliphatic rings. The summed E-state index contributed by atoms with van der Waals surface area (Å²) in [5, 5.41) is 9.87. The summed E-state index contributed by atoms with van der Waals surface area (Å²) in [7, 11) is 0. The van der Waals surface area contributed by atoms with Crippen molar-refractivity contribution in [3.63, 3.8) is 0 Å². The summed E-state index contributed by atoms with van der Waals surface area (Å²) in [5.41, 5.74) is 5.27. The molecule has 0 fully saturated rings. The number of phenols is 1. The second-order valence-electron chi connectivity index (χ2n) is 8.09. The molecule has 0 saturated heterocycles. The fraction of sp³-hybridized carbons (Fsp3) is 0.179. The lowest BCUT2D eigenvalue weighted by Gasteiger charge is -2.22. The molecule has 1 N–H and O–H groups in total. The highest BCUT2D eigenvalue weighted by molar-refractivity contribution is 5.79. The van der Waals surface area contributed by atoms with Gasteiger partial charge in [0.05, 0.1) is 0 Å². The van der Waals surface area contributed by atoms with Crippen LogP contribution in [0.3, 0.4) is 0 Å². The largest absolute Gasteiger partial charge is 0.508 e. The van der Waals surface area contributed by atoms with Crippen molar-refractivity contribution in [1.29, 1.82) is 0 Å². The summed E-state index contributed by atoms with van der Waals surface area (Å²) in [5.74, 6) is 2.15. The highest BCUT2D eigenvalue weighted by Crippen LogP contribution is 2.40. The number of phenolic OH excluding ortho intramolecular Hbond substituents is 1. The normalized spacial score (nSPS) is 16.1. The number of hydrogen-bond donors (Lipinski definition) is 1. The van der Waals surface area contributed by atoms with Gasteiger partial charge < -0.3 is 9.52 Å². The molecule has 4 aromatic rings. The van der Waals surface area contributed by atoms with Crippen molar-refractivity contribution in [3.8, 4) is 28.3 Å². The minimum absolute atomic E-state index is 0.313. The molecule has 1 aliphatic carbocycles. The average molecular weight is 408 g/mol. The summed E-state index contributed by atoms with van der Waals surface area (Å²) in [6, 6.07) is 28.0. The van der Waals surface area contributed by atoms with Gasteiger partial charge in [0.1, 0.15) is 11.4 Å². The zero-order chi connectivity index (χ0) is 21.0. The first-order valence-electron chi connectivity index (χ1n) is 10.9. The van der Waals surface area contributed by atoms with E-state index in [9.17, 15) is 5.11 Å². The molecule has 0 saturated carbocycles. The van der Waals surface area contributed by atoms with E-state index in [4.69, 9.17) is 9.40 Å². The van der Waals surface area contributed by atoms with Gasteiger partial charge in [-0.25, -0.2) is 4.98 Å². The van der Waals surface area contributed by atoms with Gasteiger partial charge >= 0.3 is 0 Å². The van der Waals surface area contributed by atoms with Crippen LogP contribution in [0.5, 0.6) is 5.75 Å². The van der Waals surface area contributed by atoms with Gasteiger partial charge in [0.25, 0.3) is 0 Å². The molecule has 1 aromatic heterocycles. The third-order valence-electron chi connectivity index (χ3n) is 5.91. The van der Waals surface area contributed by atoms with Crippen molar-refractivity contribution in [2.75, 3.05) is 0 Å². The quantitative estimate of drug-likeness (QED) is 0.382.